The van der Waals surface area contributed by atoms with Crippen LogP contribution < -0.4 is 19.6 Å². The molecule has 0 bridgehead atoms. The number of hydrogen-bond acceptors (Lipinski definition) is 9. The Morgan fingerprint density at radius 2 is 1.89 bits per heavy atom. The summed E-state index contributed by atoms with van der Waals surface area (Å²) in [6, 6.07) is 13.7. The van der Waals surface area contributed by atoms with Crippen LogP contribution in [0.1, 0.15) is 73.8 Å². The summed E-state index contributed by atoms with van der Waals surface area (Å²) in [7, 11) is 1.58. The zero-order chi connectivity index (χ0) is 33.1. The van der Waals surface area contributed by atoms with Crippen molar-refractivity contribution in [2.45, 2.75) is 59.6 Å². The van der Waals surface area contributed by atoms with Gasteiger partial charge in [-0.1, -0.05) is 36.8 Å². The number of ether oxygens (including phenoxy) is 3. The zero-order valence-corrected chi connectivity index (χ0v) is 28.9. The SMILES string of the molecule is CCCC1=C(C(=O)OCC)[C@H](c2ccc(OC)c(Br)c2)n2c(s/c(=C/c3ccc(-c4ccc(C(=O)OC(C)C)cc4C)o3)c2=O)=N1. The first-order valence-corrected chi connectivity index (χ1v) is 16.6. The number of benzene rings is 2. The van der Waals surface area contributed by atoms with Crippen molar-refractivity contribution in [3.63, 3.8) is 0 Å². The molecule has 0 amide bonds. The zero-order valence-electron chi connectivity index (χ0n) is 26.5. The number of thiazole rings is 1. The molecule has 1 atom stereocenters. The number of rotatable bonds is 10. The minimum Gasteiger partial charge on any atom is -0.496 e. The monoisotopic (exact) mass is 706 g/mol. The van der Waals surface area contributed by atoms with E-state index in [0.29, 0.717) is 59.9 Å². The van der Waals surface area contributed by atoms with Crippen LogP contribution in [-0.4, -0.2) is 36.3 Å². The minimum atomic E-state index is -0.753. The number of carbonyl (C=O) groups excluding carboxylic acids is 2. The summed E-state index contributed by atoms with van der Waals surface area (Å²) in [4.78, 5) is 45.2. The molecule has 0 saturated heterocycles. The summed E-state index contributed by atoms with van der Waals surface area (Å²) in [6.45, 7) is 9.47. The molecule has 1 aliphatic rings. The Hall–Kier alpha value is -4.22. The van der Waals surface area contributed by atoms with Crippen molar-refractivity contribution < 1.29 is 28.2 Å². The van der Waals surface area contributed by atoms with Crippen LogP contribution in [0.3, 0.4) is 0 Å². The van der Waals surface area contributed by atoms with Crippen LogP contribution in [-0.2, 0) is 14.3 Å². The second-order valence-corrected chi connectivity index (χ2v) is 12.9. The van der Waals surface area contributed by atoms with Gasteiger partial charge in [0.25, 0.3) is 5.56 Å². The van der Waals surface area contributed by atoms with Gasteiger partial charge in [-0.3, -0.25) is 9.36 Å². The van der Waals surface area contributed by atoms with E-state index in [1.807, 2.05) is 52.0 Å². The number of allylic oxidation sites excluding steroid dienone is 1. The van der Waals surface area contributed by atoms with Crippen molar-refractivity contribution in [3.05, 3.63) is 106 Å². The minimum absolute atomic E-state index is 0.191. The van der Waals surface area contributed by atoms with Crippen LogP contribution in [0.5, 0.6) is 5.75 Å². The van der Waals surface area contributed by atoms with E-state index in [9.17, 15) is 14.4 Å². The number of furan rings is 1. The van der Waals surface area contributed by atoms with Gasteiger partial charge in [-0.25, -0.2) is 14.6 Å². The van der Waals surface area contributed by atoms with Gasteiger partial charge in [-0.2, -0.15) is 0 Å². The first-order chi connectivity index (χ1) is 22.1. The maximum atomic E-state index is 14.1. The van der Waals surface area contributed by atoms with E-state index in [2.05, 4.69) is 15.9 Å². The number of esters is 2. The van der Waals surface area contributed by atoms with Crippen LogP contribution >= 0.6 is 27.3 Å². The first-order valence-electron chi connectivity index (χ1n) is 15.0. The number of carbonyl (C=O) groups is 2. The smallest absolute Gasteiger partial charge is 0.338 e. The number of fused-ring (bicyclic) bond motifs is 1. The van der Waals surface area contributed by atoms with E-state index in [4.69, 9.17) is 23.6 Å². The molecule has 0 unspecified atom stereocenters. The number of methoxy groups -OCH3 is 1. The van der Waals surface area contributed by atoms with Gasteiger partial charge < -0.3 is 18.6 Å². The number of aromatic nitrogens is 1. The van der Waals surface area contributed by atoms with Crippen LogP contribution in [0.15, 0.2) is 78.5 Å². The Morgan fingerprint density at radius 1 is 1.11 bits per heavy atom. The molecule has 2 aromatic carbocycles. The summed E-state index contributed by atoms with van der Waals surface area (Å²) < 4.78 is 25.0. The topological polar surface area (TPSA) is 109 Å². The van der Waals surface area contributed by atoms with Gasteiger partial charge in [-0.15, -0.1) is 0 Å². The van der Waals surface area contributed by atoms with E-state index in [1.165, 1.54) is 11.3 Å². The van der Waals surface area contributed by atoms with Gasteiger partial charge >= 0.3 is 11.9 Å². The van der Waals surface area contributed by atoms with Crippen molar-refractivity contribution in [2.24, 2.45) is 4.99 Å². The van der Waals surface area contributed by atoms with Gasteiger partial charge in [0.15, 0.2) is 4.80 Å². The summed E-state index contributed by atoms with van der Waals surface area (Å²) in [5.74, 6) is 0.811. The van der Waals surface area contributed by atoms with Gasteiger partial charge in [0.05, 0.1) is 51.7 Å². The molecule has 9 nitrogen and oxygen atoms in total. The number of halogens is 1. The van der Waals surface area contributed by atoms with Crippen molar-refractivity contribution in [1.29, 1.82) is 0 Å². The lowest BCUT2D eigenvalue weighted by Crippen LogP contribution is -2.40. The Morgan fingerprint density at radius 3 is 2.54 bits per heavy atom. The quantitative estimate of drug-likeness (QED) is 0.174. The second-order valence-electron chi connectivity index (χ2n) is 11.0. The highest BCUT2D eigenvalue weighted by Gasteiger charge is 2.34. The molecule has 46 heavy (non-hydrogen) atoms. The van der Waals surface area contributed by atoms with Gasteiger partial charge in [0.2, 0.25) is 0 Å². The molecular weight excluding hydrogens is 672 g/mol. The third kappa shape index (κ3) is 6.66. The van der Waals surface area contributed by atoms with E-state index in [1.54, 1.807) is 48.9 Å². The molecular formula is C35H35BrN2O7S. The normalized spacial score (nSPS) is 14.7. The van der Waals surface area contributed by atoms with E-state index < -0.39 is 12.0 Å². The fraction of sp³-hybridized carbons (Fsp3) is 0.314. The van der Waals surface area contributed by atoms with E-state index in [-0.39, 0.29) is 24.2 Å². The van der Waals surface area contributed by atoms with Crippen LogP contribution in [0.4, 0.5) is 0 Å². The number of nitrogens with zero attached hydrogens (tertiary/aromatic N) is 2. The molecule has 0 spiro atoms. The van der Waals surface area contributed by atoms with E-state index in [0.717, 1.165) is 17.5 Å². The average molecular weight is 708 g/mol. The molecule has 0 aliphatic carbocycles. The standard InChI is InChI=1S/C35H35BrN2O7S/c1-7-9-26-30(34(41)43-8-2)31(21-11-14-28(42-6)25(36)17-21)38-32(39)29(46-35(38)37-26)18-23-12-15-27(45-23)24-13-10-22(16-20(24)5)33(40)44-19(3)4/h10-19,31H,7-9H2,1-6H3/b29-18+/t31-/m0/s1. The predicted octanol–water partition coefficient (Wildman–Crippen LogP) is 6.48. The highest BCUT2D eigenvalue weighted by molar-refractivity contribution is 9.10. The maximum absolute atomic E-state index is 14.1. The highest BCUT2D eigenvalue weighted by Crippen LogP contribution is 2.36. The third-order valence-corrected chi connectivity index (χ3v) is 8.96. The predicted molar refractivity (Wildman–Crippen MR) is 180 cm³/mol. The highest BCUT2D eigenvalue weighted by atomic mass is 79.9. The first kappa shape index (κ1) is 33.2. The number of aryl methyl sites for hydroxylation is 1. The maximum Gasteiger partial charge on any atom is 0.338 e. The molecule has 0 N–H and O–H groups in total. The second kappa shape index (κ2) is 14.0. The van der Waals surface area contributed by atoms with Crippen molar-refractivity contribution in [3.8, 4) is 17.1 Å². The largest absolute Gasteiger partial charge is 0.496 e. The molecule has 11 heteroatoms. The third-order valence-electron chi connectivity index (χ3n) is 7.35. The van der Waals surface area contributed by atoms with Crippen LogP contribution in [0.25, 0.3) is 17.4 Å². The molecule has 3 heterocycles. The van der Waals surface area contributed by atoms with Crippen molar-refractivity contribution >= 4 is 45.3 Å². The number of hydrogen-bond donors (Lipinski definition) is 0. The molecule has 2 aromatic heterocycles. The summed E-state index contributed by atoms with van der Waals surface area (Å²) in [6.07, 6.45) is 2.77. The van der Waals surface area contributed by atoms with Crippen LogP contribution in [0, 0.1) is 6.92 Å². The van der Waals surface area contributed by atoms with E-state index >= 15 is 0 Å². The van der Waals surface area contributed by atoms with Crippen molar-refractivity contribution in [2.75, 3.05) is 13.7 Å². The lowest BCUT2D eigenvalue weighted by molar-refractivity contribution is -0.139. The summed E-state index contributed by atoms with van der Waals surface area (Å²) >= 11 is 4.79. The summed E-state index contributed by atoms with van der Waals surface area (Å²) in [5.41, 5.74) is 3.47. The molecule has 1 aliphatic heterocycles. The Balaban J connectivity index is 1.60. The summed E-state index contributed by atoms with van der Waals surface area (Å²) in [5, 5.41) is 0. The Bertz CT molecular complexity index is 2020. The fourth-order valence-electron chi connectivity index (χ4n) is 5.34. The Labute approximate surface area is 279 Å². The van der Waals surface area contributed by atoms with Gasteiger partial charge in [-0.05, 0) is 97.6 Å². The lowest BCUT2D eigenvalue weighted by Gasteiger charge is -2.26. The molecule has 4 aromatic rings. The average Bonchev–Trinajstić information content (AvgIpc) is 3.60. The van der Waals surface area contributed by atoms with Gasteiger partial charge in [0.1, 0.15) is 17.3 Å². The fourth-order valence-corrected chi connectivity index (χ4v) is 6.90. The van der Waals surface area contributed by atoms with Gasteiger partial charge in [0, 0.05) is 11.6 Å². The Kier molecular flexibility index (Phi) is 10.1. The van der Waals surface area contributed by atoms with Crippen LogP contribution in [0.2, 0.25) is 0 Å². The molecule has 5 rings (SSSR count). The molecule has 240 valence electrons. The molecule has 0 saturated carbocycles. The van der Waals surface area contributed by atoms with Crippen molar-refractivity contribution in [1.82, 2.24) is 4.57 Å². The molecule has 0 radical (unpaired) electrons. The lowest BCUT2D eigenvalue weighted by atomic mass is 9.94. The molecule has 0 fully saturated rings.